The molecule has 0 unspecified atom stereocenters. The molecule has 4 heteroatoms. The molecule has 1 heterocycles. The van der Waals surface area contributed by atoms with Crippen molar-refractivity contribution in [3.8, 4) is 0 Å². The second-order valence-corrected chi connectivity index (χ2v) is 6.29. The SMILES string of the molecule is CC1(C)CCC(Nc2ncccc2C(N)=S)CC1. The van der Waals surface area contributed by atoms with Crippen molar-refractivity contribution in [2.24, 2.45) is 11.1 Å². The van der Waals surface area contributed by atoms with E-state index in [1.54, 1.807) is 6.20 Å². The Bertz CT molecular complexity index is 432. The van der Waals surface area contributed by atoms with E-state index in [1.165, 1.54) is 25.7 Å². The van der Waals surface area contributed by atoms with Crippen molar-refractivity contribution >= 4 is 23.0 Å². The van der Waals surface area contributed by atoms with E-state index < -0.39 is 0 Å². The quantitative estimate of drug-likeness (QED) is 0.823. The van der Waals surface area contributed by atoms with Gasteiger partial charge in [-0.2, -0.15) is 0 Å². The zero-order valence-corrected chi connectivity index (χ0v) is 11.9. The highest BCUT2D eigenvalue weighted by Crippen LogP contribution is 2.36. The Morgan fingerprint density at radius 1 is 1.44 bits per heavy atom. The predicted octanol–water partition coefficient (Wildman–Crippen LogP) is 3.10. The van der Waals surface area contributed by atoms with Crippen LogP contribution in [-0.2, 0) is 0 Å². The third kappa shape index (κ3) is 3.19. The summed E-state index contributed by atoms with van der Waals surface area (Å²) >= 11 is 5.05. The average molecular weight is 263 g/mol. The van der Waals surface area contributed by atoms with Crippen molar-refractivity contribution in [3.05, 3.63) is 23.9 Å². The van der Waals surface area contributed by atoms with Crippen LogP contribution >= 0.6 is 12.2 Å². The van der Waals surface area contributed by atoms with Crippen molar-refractivity contribution in [2.45, 2.75) is 45.6 Å². The Kier molecular flexibility index (Phi) is 3.85. The van der Waals surface area contributed by atoms with Gasteiger partial charge in [0.1, 0.15) is 10.8 Å². The summed E-state index contributed by atoms with van der Waals surface area (Å²) in [6, 6.07) is 4.27. The van der Waals surface area contributed by atoms with Gasteiger partial charge >= 0.3 is 0 Å². The normalized spacial score (nSPS) is 19.4. The fourth-order valence-electron chi connectivity index (χ4n) is 2.46. The molecule has 1 aliphatic carbocycles. The lowest BCUT2D eigenvalue weighted by atomic mass is 9.75. The molecule has 3 N–H and O–H groups in total. The van der Waals surface area contributed by atoms with Gasteiger partial charge in [-0.3, -0.25) is 0 Å². The first kappa shape index (κ1) is 13.3. The summed E-state index contributed by atoms with van der Waals surface area (Å²) in [4.78, 5) is 4.76. The molecule has 2 rings (SSSR count). The minimum Gasteiger partial charge on any atom is -0.389 e. The maximum absolute atomic E-state index is 5.71. The summed E-state index contributed by atoms with van der Waals surface area (Å²) in [6.45, 7) is 4.68. The molecule has 0 aromatic carbocycles. The van der Waals surface area contributed by atoms with Crippen LogP contribution in [0.5, 0.6) is 0 Å². The molecule has 1 aliphatic rings. The molecule has 0 atom stereocenters. The van der Waals surface area contributed by atoms with E-state index in [1.807, 2.05) is 12.1 Å². The molecular formula is C14H21N3S. The lowest BCUT2D eigenvalue weighted by molar-refractivity contribution is 0.232. The molecule has 0 amide bonds. The average Bonchev–Trinajstić information content (AvgIpc) is 2.32. The topological polar surface area (TPSA) is 50.9 Å². The molecule has 1 aromatic rings. The first-order valence-corrected chi connectivity index (χ1v) is 6.90. The number of nitrogens with two attached hydrogens (primary N) is 1. The summed E-state index contributed by atoms with van der Waals surface area (Å²) in [6.07, 6.45) is 6.64. The Hall–Kier alpha value is -1.16. The minimum atomic E-state index is 0.404. The fraction of sp³-hybridized carbons (Fsp3) is 0.571. The second kappa shape index (κ2) is 5.22. The van der Waals surface area contributed by atoms with Gasteiger partial charge in [0.15, 0.2) is 0 Å². The fourth-order valence-corrected chi connectivity index (χ4v) is 2.62. The predicted molar refractivity (Wildman–Crippen MR) is 79.8 cm³/mol. The van der Waals surface area contributed by atoms with Gasteiger partial charge in [0.05, 0.1) is 5.56 Å². The minimum absolute atomic E-state index is 0.404. The molecule has 0 saturated heterocycles. The highest BCUT2D eigenvalue weighted by molar-refractivity contribution is 7.80. The number of aromatic nitrogens is 1. The van der Waals surface area contributed by atoms with E-state index >= 15 is 0 Å². The van der Waals surface area contributed by atoms with Crippen LogP contribution < -0.4 is 11.1 Å². The molecular weight excluding hydrogens is 242 g/mol. The maximum Gasteiger partial charge on any atom is 0.136 e. The van der Waals surface area contributed by atoms with Crippen LogP contribution in [0.4, 0.5) is 5.82 Å². The molecule has 1 fully saturated rings. The number of rotatable bonds is 3. The van der Waals surface area contributed by atoms with Gasteiger partial charge in [-0.1, -0.05) is 26.1 Å². The Balaban J connectivity index is 2.04. The molecule has 0 aliphatic heterocycles. The van der Waals surface area contributed by atoms with E-state index in [0.29, 0.717) is 16.4 Å². The number of nitrogens with zero attached hydrogens (tertiary/aromatic N) is 1. The van der Waals surface area contributed by atoms with Crippen LogP contribution in [0.25, 0.3) is 0 Å². The molecule has 0 bridgehead atoms. The standard InChI is InChI=1S/C14H21N3S/c1-14(2)7-5-10(6-8-14)17-13-11(12(15)18)4-3-9-16-13/h3-4,9-10H,5-8H2,1-2H3,(H2,15,18)(H,16,17). The zero-order valence-electron chi connectivity index (χ0n) is 11.1. The summed E-state index contributed by atoms with van der Waals surface area (Å²) < 4.78 is 0. The summed E-state index contributed by atoms with van der Waals surface area (Å²) in [5, 5.41) is 3.49. The molecule has 0 spiro atoms. The number of anilines is 1. The van der Waals surface area contributed by atoms with Gasteiger partial charge in [-0.25, -0.2) is 4.98 Å². The van der Waals surface area contributed by atoms with E-state index in [-0.39, 0.29) is 0 Å². The summed E-state index contributed by atoms with van der Waals surface area (Å²) in [7, 11) is 0. The van der Waals surface area contributed by atoms with E-state index in [4.69, 9.17) is 18.0 Å². The van der Waals surface area contributed by atoms with Gasteiger partial charge in [-0.05, 0) is 43.2 Å². The molecule has 0 radical (unpaired) electrons. The highest BCUT2D eigenvalue weighted by atomic mass is 32.1. The van der Waals surface area contributed by atoms with Crippen LogP contribution in [0.1, 0.15) is 45.1 Å². The first-order valence-electron chi connectivity index (χ1n) is 6.49. The van der Waals surface area contributed by atoms with Crippen molar-refractivity contribution in [3.63, 3.8) is 0 Å². The number of hydrogen-bond donors (Lipinski definition) is 2. The Labute approximate surface area is 114 Å². The number of hydrogen-bond acceptors (Lipinski definition) is 3. The summed E-state index contributed by atoms with van der Waals surface area (Å²) in [5.74, 6) is 0.828. The lowest BCUT2D eigenvalue weighted by Gasteiger charge is -2.35. The third-order valence-corrected chi connectivity index (χ3v) is 3.97. The number of thiocarbonyl (C=S) groups is 1. The highest BCUT2D eigenvalue weighted by Gasteiger charge is 2.27. The Morgan fingerprint density at radius 3 is 2.72 bits per heavy atom. The van der Waals surface area contributed by atoms with Gasteiger partial charge in [0.2, 0.25) is 0 Å². The van der Waals surface area contributed by atoms with Gasteiger partial charge in [-0.15, -0.1) is 0 Å². The lowest BCUT2D eigenvalue weighted by Crippen LogP contribution is -2.31. The third-order valence-electron chi connectivity index (χ3n) is 3.75. The number of pyridine rings is 1. The van der Waals surface area contributed by atoms with Crippen molar-refractivity contribution in [1.82, 2.24) is 4.98 Å². The first-order chi connectivity index (χ1) is 8.48. The molecule has 98 valence electrons. The van der Waals surface area contributed by atoms with E-state index in [0.717, 1.165) is 11.4 Å². The van der Waals surface area contributed by atoms with Gasteiger partial charge in [0.25, 0.3) is 0 Å². The van der Waals surface area contributed by atoms with Crippen LogP contribution in [0.3, 0.4) is 0 Å². The largest absolute Gasteiger partial charge is 0.389 e. The van der Waals surface area contributed by atoms with Gasteiger partial charge in [0, 0.05) is 12.2 Å². The molecule has 1 saturated carbocycles. The summed E-state index contributed by atoms with van der Waals surface area (Å²) in [5.41, 5.74) is 7.04. The molecule has 1 aromatic heterocycles. The van der Waals surface area contributed by atoms with Crippen LogP contribution in [0.2, 0.25) is 0 Å². The van der Waals surface area contributed by atoms with Crippen molar-refractivity contribution < 1.29 is 0 Å². The van der Waals surface area contributed by atoms with E-state index in [9.17, 15) is 0 Å². The second-order valence-electron chi connectivity index (χ2n) is 5.85. The smallest absolute Gasteiger partial charge is 0.136 e. The maximum atomic E-state index is 5.71. The van der Waals surface area contributed by atoms with Crippen molar-refractivity contribution in [2.75, 3.05) is 5.32 Å². The monoisotopic (exact) mass is 263 g/mol. The zero-order chi connectivity index (χ0) is 13.2. The van der Waals surface area contributed by atoms with Gasteiger partial charge < -0.3 is 11.1 Å². The van der Waals surface area contributed by atoms with Crippen LogP contribution in [0, 0.1) is 5.41 Å². The van der Waals surface area contributed by atoms with Crippen molar-refractivity contribution in [1.29, 1.82) is 0 Å². The number of nitrogens with one attached hydrogen (secondary N) is 1. The molecule has 3 nitrogen and oxygen atoms in total. The van der Waals surface area contributed by atoms with Crippen LogP contribution in [0.15, 0.2) is 18.3 Å². The molecule has 18 heavy (non-hydrogen) atoms. The van der Waals surface area contributed by atoms with E-state index in [2.05, 4.69) is 24.1 Å². The van der Waals surface area contributed by atoms with Crippen LogP contribution in [-0.4, -0.2) is 16.0 Å². The Morgan fingerprint density at radius 2 is 2.11 bits per heavy atom.